The first-order valence-electron chi connectivity index (χ1n) is 13.8. The van der Waals surface area contributed by atoms with Crippen molar-refractivity contribution in [2.24, 2.45) is 11.7 Å². The number of hydrogen-bond acceptors (Lipinski definition) is 4. The van der Waals surface area contributed by atoms with Crippen molar-refractivity contribution < 1.29 is 22.4 Å². The van der Waals surface area contributed by atoms with E-state index in [2.05, 4.69) is 30.2 Å². The van der Waals surface area contributed by atoms with Crippen LogP contribution >= 0.6 is 0 Å². The molecule has 4 aromatic rings. The molecule has 2 aromatic carbocycles. The summed E-state index contributed by atoms with van der Waals surface area (Å²) in [6.07, 6.45) is -1.73. The van der Waals surface area contributed by atoms with Crippen LogP contribution in [-0.2, 0) is 25.6 Å². The summed E-state index contributed by atoms with van der Waals surface area (Å²) < 4.78 is 56.3. The van der Waals surface area contributed by atoms with Crippen molar-refractivity contribution in [3.63, 3.8) is 0 Å². The van der Waals surface area contributed by atoms with Crippen molar-refractivity contribution in [2.75, 3.05) is 16.8 Å². The zero-order valence-electron chi connectivity index (χ0n) is 23.6. The Morgan fingerprint density at radius 1 is 1.14 bits per heavy atom. The van der Waals surface area contributed by atoms with Gasteiger partial charge in [0, 0.05) is 42.5 Å². The van der Waals surface area contributed by atoms with Crippen LogP contribution in [0.1, 0.15) is 48.2 Å². The highest BCUT2D eigenvalue weighted by Gasteiger charge is 2.34. The van der Waals surface area contributed by atoms with Gasteiger partial charge in [0.1, 0.15) is 0 Å². The molecule has 220 valence electrons. The van der Waals surface area contributed by atoms with Gasteiger partial charge < -0.3 is 16.0 Å². The molecular formula is C31H32F4N6O. The Kier molecular flexibility index (Phi) is 7.94. The Balaban J connectivity index is 1.63. The first-order chi connectivity index (χ1) is 19.9. The number of nitrogens with two attached hydrogens (primary N) is 1. The van der Waals surface area contributed by atoms with Gasteiger partial charge in [0.15, 0.2) is 11.6 Å². The molecule has 1 aliphatic heterocycles. The minimum absolute atomic E-state index is 0.137. The number of benzene rings is 2. The van der Waals surface area contributed by atoms with Crippen LogP contribution in [-0.4, -0.2) is 27.3 Å². The molecule has 0 bridgehead atoms. The summed E-state index contributed by atoms with van der Waals surface area (Å²) in [5, 5.41) is 7.61. The number of urea groups is 1. The maximum Gasteiger partial charge on any atom is 0.417 e. The van der Waals surface area contributed by atoms with Gasteiger partial charge in [0.2, 0.25) is 0 Å². The number of fused-ring (bicyclic) bond motifs is 1. The number of aromatic nitrogens is 3. The molecule has 3 heterocycles. The van der Waals surface area contributed by atoms with Gasteiger partial charge in [-0.2, -0.15) is 18.3 Å². The van der Waals surface area contributed by atoms with E-state index in [0.717, 1.165) is 52.2 Å². The third-order valence-electron chi connectivity index (χ3n) is 7.43. The quantitative estimate of drug-likeness (QED) is 0.230. The number of alkyl halides is 3. The fourth-order valence-electron chi connectivity index (χ4n) is 5.35. The number of anilines is 2. The molecule has 0 atom stereocenters. The normalized spacial score (nSPS) is 13.4. The van der Waals surface area contributed by atoms with Crippen LogP contribution < -0.4 is 16.0 Å². The van der Waals surface area contributed by atoms with Gasteiger partial charge in [-0.3, -0.25) is 0 Å². The molecule has 3 N–H and O–H groups in total. The summed E-state index contributed by atoms with van der Waals surface area (Å²) in [5.74, 6) is -0.658. The van der Waals surface area contributed by atoms with Crippen molar-refractivity contribution in [1.82, 2.24) is 14.8 Å². The molecular weight excluding hydrogens is 548 g/mol. The third-order valence-corrected chi connectivity index (χ3v) is 7.43. The largest absolute Gasteiger partial charge is 0.417 e. The second-order valence-electron chi connectivity index (χ2n) is 11.0. The Bertz CT molecular complexity index is 1610. The first-order valence-corrected chi connectivity index (χ1v) is 13.8. The number of halogens is 4. The van der Waals surface area contributed by atoms with E-state index < -0.39 is 23.6 Å². The van der Waals surface area contributed by atoms with E-state index >= 15 is 0 Å². The fraction of sp³-hybridized carbons (Fsp3) is 0.323. The Hall–Kier alpha value is -4.41. The van der Waals surface area contributed by atoms with E-state index in [9.17, 15) is 22.4 Å². The molecule has 2 amide bonds. The molecule has 5 rings (SSSR count). The van der Waals surface area contributed by atoms with E-state index in [-0.39, 0.29) is 12.4 Å². The summed E-state index contributed by atoms with van der Waals surface area (Å²) >= 11 is 0. The summed E-state index contributed by atoms with van der Waals surface area (Å²) in [5.41, 5.74) is 11.1. The molecule has 2 aromatic heterocycles. The van der Waals surface area contributed by atoms with Gasteiger partial charge in [-0.05, 0) is 55.0 Å². The number of nitrogens with zero attached hydrogens (tertiary/aromatic N) is 4. The van der Waals surface area contributed by atoms with Crippen LogP contribution in [0.5, 0.6) is 0 Å². The van der Waals surface area contributed by atoms with Gasteiger partial charge >= 0.3 is 12.2 Å². The number of carbonyl (C=O) groups is 1. The summed E-state index contributed by atoms with van der Waals surface area (Å²) in [6.45, 7) is 6.94. The number of pyridine rings is 1. The highest BCUT2D eigenvalue weighted by Crippen LogP contribution is 2.37. The van der Waals surface area contributed by atoms with E-state index in [1.807, 2.05) is 35.9 Å². The molecule has 0 saturated carbocycles. The molecule has 7 nitrogen and oxygen atoms in total. The standard InChI is InChI=1S/C31H32F4N6O/c1-18(2)7-8-20-6-4-5-19(3)27(20)41-28(21-9-11-23(12-10-21)38-30(36)42)24-17-40(14-13-26(24)39-41)29-25(32)15-22(16-37-29)31(33,34)35/h4-6,9-12,15-16,18H,7-8,13-14,17H2,1-3H3,(H3,36,38,42). The number of para-hydroxylation sites is 1. The zero-order valence-corrected chi connectivity index (χ0v) is 23.6. The van der Waals surface area contributed by atoms with Gasteiger partial charge in [0.05, 0.1) is 22.6 Å². The zero-order chi connectivity index (χ0) is 30.2. The minimum atomic E-state index is -4.69. The molecule has 0 saturated heterocycles. The number of hydrogen-bond donors (Lipinski definition) is 2. The predicted molar refractivity (Wildman–Crippen MR) is 154 cm³/mol. The lowest BCUT2D eigenvalue weighted by atomic mass is 9.97. The van der Waals surface area contributed by atoms with Crippen LogP contribution in [0.25, 0.3) is 16.9 Å². The Morgan fingerprint density at radius 2 is 1.88 bits per heavy atom. The molecule has 0 aliphatic carbocycles. The smallest absolute Gasteiger partial charge is 0.351 e. The summed E-state index contributed by atoms with van der Waals surface area (Å²) in [7, 11) is 0. The third kappa shape index (κ3) is 5.95. The molecule has 0 unspecified atom stereocenters. The Labute approximate surface area is 241 Å². The number of carbonyl (C=O) groups excluding carboxylic acids is 1. The molecule has 0 spiro atoms. The highest BCUT2D eigenvalue weighted by atomic mass is 19.4. The van der Waals surface area contributed by atoms with Crippen molar-refractivity contribution in [2.45, 2.75) is 52.8 Å². The number of nitrogens with one attached hydrogen (secondary N) is 1. The molecule has 0 radical (unpaired) electrons. The average Bonchev–Trinajstić information content (AvgIpc) is 3.29. The number of amides is 2. The second-order valence-corrected chi connectivity index (χ2v) is 11.0. The first kappa shape index (κ1) is 29.1. The topological polar surface area (TPSA) is 89.1 Å². The lowest BCUT2D eigenvalue weighted by Gasteiger charge is -2.28. The number of aryl methyl sites for hydroxylation is 2. The van der Waals surface area contributed by atoms with Crippen molar-refractivity contribution >= 4 is 17.5 Å². The van der Waals surface area contributed by atoms with Gasteiger partial charge in [0.25, 0.3) is 0 Å². The van der Waals surface area contributed by atoms with Crippen LogP contribution in [0.4, 0.5) is 33.9 Å². The average molecular weight is 581 g/mol. The molecule has 0 fully saturated rings. The van der Waals surface area contributed by atoms with Gasteiger partial charge in [-0.1, -0.05) is 44.2 Å². The van der Waals surface area contributed by atoms with Crippen LogP contribution in [0.3, 0.4) is 0 Å². The van der Waals surface area contributed by atoms with Gasteiger partial charge in [-0.15, -0.1) is 0 Å². The molecule has 42 heavy (non-hydrogen) atoms. The maximum absolute atomic E-state index is 15.0. The SMILES string of the molecule is Cc1cccc(CCC(C)C)c1-n1nc2c(c1-c1ccc(NC(N)=O)cc1)CN(c1ncc(C(F)(F)F)cc1F)CC2. The molecule has 1 aliphatic rings. The van der Waals surface area contributed by atoms with Crippen molar-refractivity contribution in [3.8, 4) is 16.9 Å². The van der Waals surface area contributed by atoms with E-state index in [0.29, 0.717) is 36.8 Å². The van der Waals surface area contributed by atoms with Crippen LogP contribution in [0, 0.1) is 18.7 Å². The van der Waals surface area contributed by atoms with Crippen LogP contribution in [0.15, 0.2) is 54.7 Å². The predicted octanol–water partition coefficient (Wildman–Crippen LogP) is 7.04. The van der Waals surface area contributed by atoms with Crippen LogP contribution in [0.2, 0.25) is 0 Å². The second kappa shape index (κ2) is 11.5. The van der Waals surface area contributed by atoms with Crippen molar-refractivity contribution in [1.29, 1.82) is 0 Å². The van der Waals surface area contributed by atoms with Crippen molar-refractivity contribution in [3.05, 3.63) is 88.5 Å². The highest BCUT2D eigenvalue weighted by molar-refractivity contribution is 5.88. The summed E-state index contributed by atoms with van der Waals surface area (Å²) in [6, 6.07) is 13.1. The fourth-order valence-corrected chi connectivity index (χ4v) is 5.35. The van der Waals surface area contributed by atoms with E-state index in [1.165, 1.54) is 0 Å². The number of rotatable bonds is 7. The number of primary amides is 1. The Morgan fingerprint density at radius 3 is 2.52 bits per heavy atom. The maximum atomic E-state index is 15.0. The minimum Gasteiger partial charge on any atom is -0.351 e. The van der Waals surface area contributed by atoms with E-state index in [1.54, 1.807) is 17.0 Å². The van der Waals surface area contributed by atoms with Gasteiger partial charge in [-0.25, -0.2) is 18.9 Å². The lowest BCUT2D eigenvalue weighted by molar-refractivity contribution is -0.138. The lowest BCUT2D eigenvalue weighted by Crippen LogP contribution is -2.32. The summed E-state index contributed by atoms with van der Waals surface area (Å²) in [4.78, 5) is 16.9. The van der Waals surface area contributed by atoms with E-state index in [4.69, 9.17) is 10.8 Å². The molecule has 11 heteroatoms. The monoisotopic (exact) mass is 580 g/mol.